The van der Waals surface area contributed by atoms with E-state index in [0.717, 1.165) is 22.6 Å². The average molecular weight is 291 g/mol. The van der Waals surface area contributed by atoms with Crippen LogP contribution in [0.5, 0.6) is 0 Å². The van der Waals surface area contributed by atoms with Gasteiger partial charge in [-0.1, -0.05) is 0 Å². The molecule has 5 nitrogen and oxygen atoms in total. The van der Waals surface area contributed by atoms with Gasteiger partial charge < -0.3 is 15.5 Å². The molecule has 1 aliphatic heterocycles. The van der Waals surface area contributed by atoms with Gasteiger partial charge in [-0.15, -0.1) is 11.3 Å². The van der Waals surface area contributed by atoms with Crippen LogP contribution in [0.3, 0.4) is 0 Å². The number of nitrogens with zero attached hydrogens (tertiary/aromatic N) is 3. The topological polar surface area (TPSA) is 53.1 Å². The summed E-state index contributed by atoms with van der Waals surface area (Å²) in [5.41, 5.74) is 0. The van der Waals surface area contributed by atoms with Gasteiger partial charge in [0.25, 0.3) is 0 Å². The van der Waals surface area contributed by atoms with Crippen molar-refractivity contribution in [3.05, 3.63) is 11.4 Å². The molecule has 20 heavy (non-hydrogen) atoms. The fourth-order valence-electron chi connectivity index (χ4n) is 2.71. The minimum absolute atomic E-state index is 0.385. The van der Waals surface area contributed by atoms with Gasteiger partial charge in [0, 0.05) is 19.6 Å². The van der Waals surface area contributed by atoms with Crippen LogP contribution in [0.2, 0.25) is 0 Å². The molecule has 0 aliphatic carbocycles. The van der Waals surface area contributed by atoms with Gasteiger partial charge in [-0.05, 0) is 44.3 Å². The SMILES string of the molecule is CNc1nc(NC(C)CN2CCCC2)c2ccsc2n1. The Bertz CT molecular complexity index is 576. The maximum Gasteiger partial charge on any atom is 0.225 e. The predicted octanol–water partition coefficient (Wildman–Crippen LogP) is 2.63. The lowest BCUT2D eigenvalue weighted by Crippen LogP contribution is -2.33. The molecule has 1 saturated heterocycles. The first-order valence-corrected chi connectivity index (χ1v) is 8.06. The minimum atomic E-state index is 0.385. The summed E-state index contributed by atoms with van der Waals surface area (Å²) in [5, 5.41) is 9.75. The lowest BCUT2D eigenvalue weighted by molar-refractivity contribution is 0.327. The van der Waals surface area contributed by atoms with Crippen LogP contribution in [0.1, 0.15) is 19.8 Å². The van der Waals surface area contributed by atoms with Gasteiger partial charge in [-0.3, -0.25) is 0 Å². The molecule has 108 valence electrons. The summed E-state index contributed by atoms with van der Waals surface area (Å²) >= 11 is 1.65. The highest BCUT2D eigenvalue weighted by molar-refractivity contribution is 7.16. The predicted molar refractivity (Wildman–Crippen MR) is 85.7 cm³/mol. The van der Waals surface area contributed by atoms with E-state index in [1.54, 1.807) is 11.3 Å². The van der Waals surface area contributed by atoms with Crippen molar-refractivity contribution in [1.82, 2.24) is 14.9 Å². The zero-order chi connectivity index (χ0) is 13.9. The molecule has 1 atom stereocenters. The van der Waals surface area contributed by atoms with Crippen LogP contribution >= 0.6 is 11.3 Å². The van der Waals surface area contributed by atoms with Crippen LogP contribution in [0, 0.1) is 0 Å². The molecule has 0 spiro atoms. The summed E-state index contributed by atoms with van der Waals surface area (Å²) in [6.07, 6.45) is 2.66. The molecule has 6 heteroatoms. The Morgan fingerprint density at radius 3 is 2.90 bits per heavy atom. The highest BCUT2D eigenvalue weighted by atomic mass is 32.1. The summed E-state index contributed by atoms with van der Waals surface area (Å²) < 4.78 is 0. The van der Waals surface area contributed by atoms with Crippen LogP contribution in [-0.2, 0) is 0 Å². The lowest BCUT2D eigenvalue weighted by Gasteiger charge is -2.22. The Kier molecular flexibility index (Phi) is 4.03. The van der Waals surface area contributed by atoms with Crippen molar-refractivity contribution in [1.29, 1.82) is 0 Å². The normalized spacial score (nSPS) is 17.5. The molecule has 2 aromatic rings. The number of anilines is 2. The Morgan fingerprint density at radius 1 is 1.35 bits per heavy atom. The van der Waals surface area contributed by atoms with E-state index in [-0.39, 0.29) is 0 Å². The van der Waals surface area contributed by atoms with Gasteiger partial charge in [0.2, 0.25) is 5.95 Å². The number of fused-ring (bicyclic) bond motifs is 1. The van der Waals surface area contributed by atoms with E-state index in [2.05, 4.69) is 43.9 Å². The number of nitrogens with one attached hydrogen (secondary N) is 2. The highest BCUT2D eigenvalue weighted by Gasteiger charge is 2.16. The Hall–Kier alpha value is -1.40. The molecule has 1 aliphatic rings. The van der Waals surface area contributed by atoms with Crippen molar-refractivity contribution in [2.45, 2.75) is 25.8 Å². The molecule has 0 radical (unpaired) electrons. The van der Waals surface area contributed by atoms with Crippen molar-refractivity contribution in [3.63, 3.8) is 0 Å². The third kappa shape index (κ3) is 2.86. The van der Waals surface area contributed by atoms with Crippen LogP contribution in [0.15, 0.2) is 11.4 Å². The molecule has 0 saturated carbocycles. The molecule has 0 amide bonds. The number of thiophene rings is 1. The maximum atomic E-state index is 4.56. The molecular formula is C14H21N5S. The summed E-state index contributed by atoms with van der Waals surface area (Å²) in [7, 11) is 1.85. The molecule has 0 bridgehead atoms. The second-order valence-electron chi connectivity index (χ2n) is 5.34. The molecule has 3 heterocycles. The van der Waals surface area contributed by atoms with E-state index >= 15 is 0 Å². The molecular weight excluding hydrogens is 270 g/mol. The quantitative estimate of drug-likeness (QED) is 0.887. The van der Waals surface area contributed by atoms with Gasteiger partial charge in [-0.25, -0.2) is 4.98 Å². The minimum Gasteiger partial charge on any atom is -0.366 e. The summed E-state index contributed by atoms with van der Waals surface area (Å²) in [6, 6.07) is 2.47. The van der Waals surface area contributed by atoms with Gasteiger partial charge >= 0.3 is 0 Å². The molecule has 1 unspecified atom stereocenters. The first kappa shape index (κ1) is 13.6. The van der Waals surface area contributed by atoms with Crippen molar-refractivity contribution in [2.75, 3.05) is 37.3 Å². The number of aromatic nitrogens is 2. The Morgan fingerprint density at radius 2 is 2.15 bits per heavy atom. The van der Waals surface area contributed by atoms with Crippen LogP contribution in [0.25, 0.3) is 10.2 Å². The number of likely N-dealkylation sites (tertiary alicyclic amines) is 1. The first-order valence-electron chi connectivity index (χ1n) is 7.18. The summed E-state index contributed by atoms with van der Waals surface area (Å²) in [6.45, 7) is 5.75. The van der Waals surface area contributed by atoms with Gasteiger partial charge in [0.05, 0.1) is 5.39 Å². The molecule has 2 aromatic heterocycles. The Labute approximate surface area is 123 Å². The monoisotopic (exact) mass is 291 g/mol. The second kappa shape index (κ2) is 5.93. The van der Waals surface area contributed by atoms with Gasteiger partial charge in [0.1, 0.15) is 10.6 Å². The zero-order valence-electron chi connectivity index (χ0n) is 12.0. The van der Waals surface area contributed by atoms with Crippen LogP contribution < -0.4 is 10.6 Å². The van der Waals surface area contributed by atoms with Crippen LogP contribution in [-0.4, -0.2) is 47.6 Å². The van der Waals surface area contributed by atoms with Crippen LogP contribution in [0.4, 0.5) is 11.8 Å². The average Bonchev–Trinajstić information content (AvgIpc) is 3.09. The largest absolute Gasteiger partial charge is 0.366 e. The van der Waals surface area contributed by atoms with Crippen molar-refractivity contribution in [2.24, 2.45) is 0 Å². The third-order valence-corrected chi connectivity index (χ3v) is 4.47. The van der Waals surface area contributed by atoms with E-state index in [9.17, 15) is 0 Å². The highest BCUT2D eigenvalue weighted by Crippen LogP contribution is 2.26. The zero-order valence-corrected chi connectivity index (χ0v) is 12.8. The van der Waals surface area contributed by atoms with Crippen molar-refractivity contribution < 1.29 is 0 Å². The first-order chi connectivity index (χ1) is 9.76. The van der Waals surface area contributed by atoms with E-state index in [0.29, 0.717) is 12.0 Å². The number of rotatable bonds is 5. The number of hydrogen-bond acceptors (Lipinski definition) is 6. The standard InChI is InChI=1S/C14H21N5S/c1-10(9-19-6-3-4-7-19)16-12-11-5-8-20-13(11)18-14(15-2)17-12/h5,8,10H,3-4,6-7,9H2,1-2H3,(H2,15,16,17,18). The fraction of sp³-hybridized carbons (Fsp3) is 0.571. The Balaban J connectivity index is 1.76. The number of hydrogen-bond donors (Lipinski definition) is 2. The van der Waals surface area contributed by atoms with E-state index in [1.807, 2.05) is 7.05 Å². The molecule has 1 fully saturated rings. The fourth-order valence-corrected chi connectivity index (χ4v) is 3.47. The molecule has 2 N–H and O–H groups in total. The summed E-state index contributed by atoms with van der Waals surface area (Å²) in [4.78, 5) is 12.6. The van der Waals surface area contributed by atoms with E-state index < -0.39 is 0 Å². The lowest BCUT2D eigenvalue weighted by atomic mass is 10.3. The molecule has 0 aromatic carbocycles. The second-order valence-corrected chi connectivity index (χ2v) is 6.23. The third-order valence-electron chi connectivity index (χ3n) is 3.66. The van der Waals surface area contributed by atoms with E-state index in [1.165, 1.54) is 25.9 Å². The smallest absolute Gasteiger partial charge is 0.225 e. The van der Waals surface area contributed by atoms with Crippen molar-refractivity contribution >= 4 is 33.3 Å². The van der Waals surface area contributed by atoms with Crippen molar-refractivity contribution in [3.8, 4) is 0 Å². The van der Waals surface area contributed by atoms with Gasteiger partial charge in [0.15, 0.2) is 0 Å². The van der Waals surface area contributed by atoms with E-state index in [4.69, 9.17) is 0 Å². The molecule has 3 rings (SSSR count). The summed E-state index contributed by atoms with van der Waals surface area (Å²) in [5.74, 6) is 1.61. The maximum absolute atomic E-state index is 4.56. The van der Waals surface area contributed by atoms with Gasteiger partial charge in [-0.2, -0.15) is 4.98 Å².